The maximum atomic E-state index is 5.81. The minimum atomic E-state index is 0.0192. The van der Waals surface area contributed by atoms with Gasteiger partial charge in [0.1, 0.15) is 0 Å². The van der Waals surface area contributed by atoms with E-state index in [4.69, 9.17) is 9.15 Å². The minimum absolute atomic E-state index is 0.0192. The lowest BCUT2D eigenvalue weighted by Crippen LogP contribution is -2.46. The molecule has 0 radical (unpaired) electrons. The summed E-state index contributed by atoms with van der Waals surface area (Å²) in [4.78, 5) is 2.58. The molecule has 1 atom stereocenters. The Kier molecular flexibility index (Phi) is 4.46. The summed E-state index contributed by atoms with van der Waals surface area (Å²) < 4.78 is 11.0. The Morgan fingerprint density at radius 1 is 1.44 bits per heavy atom. The summed E-state index contributed by atoms with van der Waals surface area (Å²) in [5.41, 5.74) is 1.29. The highest BCUT2D eigenvalue weighted by atomic mass is 16.5. The fourth-order valence-corrected chi connectivity index (χ4v) is 2.81. The van der Waals surface area contributed by atoms with Crippen LogP contribution in [0, 0.1) is 0 Å². The molecule has 0 aromatic carbocycles. The largest absolute Gasteiger partial charge is 0.472 e. The van der Waals surface area contributed by atoms with Crippen LogP contribution in [-0.4, -0.2) is 29.7 Å². The SMILES string of the molecule is CCCN(Cc1ccoc1)C1CCOC(C)(C)C1. The van der Waals surface area contributed by atoms with E-state index in [-0.39, 0.29) is 5.60 Å². The van der Waals surface area contributed by atoms with E-state index in [0.717, 1.165) is 32.5 Å². The van der Waals surface area contributed by atoms with Crippen molar-refractivity contribution in [2.45, 2.75) is 58.2 Å². The molecule has 0 N–H and O–H groups in total. The van der Waals surface area contributed by atoms with Crippen molar-refractivity contribution < 1.29 is 9.15 Å². The van der Waals surface area contributed by atoms with Gasteiger partial charge in [-0.2, -0.15) is 0 Å². The molecule has 2 rings (SSSR count). The summed E-state index contributed by atoms with van der Waals surface area (Å²) in [5, 5.41) is 0. The molecular formula is C15H25NO2. The van der Waals surface area contributed by atoms with Crippen LogP contribution in [0.15, 0.2) is 23.0 Å². The molecule has 0 spiro atoms. The third-order valence-corrected chi connectivity index (χ3v) is 3.66. The van der Waals surface area contributed by atoms with Crippen molar-refractivity contribution >= 4 is 0 Å². The molecule has 1 aliphatic heterocycles. The van der Waals surface area contributed by atoms with Gasteiger partial charge in [-0.1, -0.05) is 6.92 Å². The molecule has 0 bridgehead atoms. The van der Waals surface area contributed by atoms with Crippen LogP contribution in [0.25, 0.3) is 0 Å². The van der Waals surface area contributed by atoms with E-state index in [9.17, 15) is 0 Å². The van der Waals surface area contributed by atoms with Gasteiger partial charge in [0.2, 0.25) is 0 Å². The van der Waals surface area contributed by atoms with Crippen LogP contribution in [-0.2, 0) is 11.3 Å². The smallest absolute Gasteiger partial charge is 0.0947 e. The van der Waals surface area contributed by atoms with E-state index in [2.05, 4.69) is 31.7 Å². The van der Waals surface area contributed by atoms with Crippen LogP contribution in [0.3, 0.4) is 0 Å². The summed E-state index contributed by atoms with van der Waals surface area (Å²) in [5.74, 6) is 0. The van der Waals surface area contributed by atoms with Gasteiger partial charge in [-0.05, 0) is 45.7 Å². The number of rotatable bonds is 5. The zero-order valence-corrected chi connectivity index (χ0v) is 11.8. The summed E-state index contributed by atoms with van der Waals surface area (Å²) in [6, 6.07) is 2.69. The molecule has 1 unspecified atom stereocenters. The lowest BCUT2D eigenvalue weighted by molar-refractivity contribution is -0.0845. The van der Waals surface area contributed by atoms with Crippen molar-refractivity contribution in [2.24, 2.45) is 0 Å². The molecule has 1 saturated heterocycles. The second-order valence-corrected chi connectivity index (χ2v) is 5.86. The first-order chi connectivity index (χ1) is 8.61. The molecule has 18 heavy (non-hydrogen) atoms. The summed E-state index contributed by atoms with van der Waals surface area (Å²) >= 11 is 0. The number of nitrogens with zero attached hydrogens (tertiary/aromatic N) is 1. The molecule has 1 aromatic rings. The highest BCUT2D eigenvalue weighted by Gasteiger charge is 2.31. The van der Waals surface area contributed by atoms with Gasteiger partial charge in [0, 0.05) is 24.8 Å². The zero-order valence-electron chi connectivity index (χ0n) is 11.8. The van der Waals surface area contributed by atoms with Crippen molar-refractivity contribution in [1.82, 2.24) is 4.90 Å². The van der Waals surface area contributed by atoms with Crippen LogP contribution >= 0.6 is 0 Å². The van der Waals surface area contributed by atoms with E-state index in [1.54, 1.807) is 6.26 Å². The Morgan fingerprint density at radius 2 is 2.28 bits per heavy atom. The number of ether oxygens (including phenoxy) is 1. The molecule has 1 fully saturated rings. The molecule has 1 aromatic heterocycles. The lowest BCUT2D eigenvalue weighted by Gasteiger charge is -2.41. The zero-order chi connectivity index (χ0) is 13.0. The Hall–Kier alpha value is -0.800. The first kappa shape index (κ1) is 13.6. The molecule has 3 nitrogen and oxygen atoms in total. The summed E-state index contributed by atoms with van der Waals surface area (Å²) in [6.07, 6.45) is 7.06. The first-order valence-corrected chi connectivity index (χ1v) is 7.00. The van der Waals surface area contributed by atoms with Crippen molar-refractivity contribution in [3.05, 3.63) is 24.2 Å². The van der Waals surface area contributed by atoms with Crippen molar-refractivity contribution in [3.8, 4) is 0 Å². The average molecular weight is 251 g/mol. The van der Waals surface area contributed by atoms with Gasteiger partial charge in [0.15, 0.2) is 0 Å². The van der Waals surface area contributed by atoms with Gasteiger partial charge >= 0.3 is 0 Å². The lowest BCUT2D eigenvalue weighted by atomic mass is 9.92. The predicted molar refractivity (Wildman–Crippen MR) is 72.5 cm³/mol. The van der Waals surface area contributed by atoms with Gasteiger partial charge in [0.25, 0.3) is 0 Å². The highest BCUT2D eigenvalue weighted by Crippen LogP contribution is 2.28. The van der Waals surface area contributed by atoms with E-state index < -0.39 is 0 Å². The molecule has 0 saturated carbocycles. The quantitative estimate of drug-likeness (QED) is 0.801. The molecule has 1 aliphatic rings. The summed E-state index contributed by atoms with van der Waals surface area (Å²) in [7, 11) is 0. The van der Waals surface area contributed by atoms with Crippen LogP contribution in [0.5, 0.6) is 0 Å². The molecular weight excluding hydrogens is 226 g/mol. The number of furan rings is 1. The molecule has 0 amide bonds. The van der Waals surface area contributed by atoms with Crippen molar-refractivity contribution in [1.29, 1.82) is 0 Å². The van der Waals surface area contributed by atoms with Gasteiger partial charge in [-0.3, -0.25) is 4.90 Å². The van der Waals surface area contributed by atoms with E-state index in [0.29, 0.717) is 6.04 Å². The van der Waals surface area contributed by atoms with E-state index in [1.807, 2.05) is 6.26 Å². The highest BCUT2D eigenvalue weighted by molar-refractivity contribution is 5.05. The Balaban J connectivity index is 2.00. The van der Waals surface area contributed by atoms with Crippen LogP contribution in [0.2, 0.25) is 0 Å². The topological polar surface area (TPSA) is 25.6 Å². The second kappa shape index (κ2) is 5.89. The third kappa shape index (κ3) is 3.59. The monoisotopic (exact) mass is 251 g/mol. The van der Waals surface area contributed by atoms with Gasteiger partial charge in [-0.15, -0.1) is 0 Å². The predicted octanol–water partition coefficient (Wildman–Crippen LogP) is 3.45. The third-order valence-electron chi connectivity index (χ3n) is 3.66. The molecule has 102 valence electrons. The van der Waals surface area contributed by atoms with Gasteiger partial charge in [-0.25, -0.2) is 0 Å². The Morgan fingerprint density at radius 3 is 2.89 bits per heavy atom. The standard InChI is InChI=1S/C15H25NO2/c1-4-7-16(11-13-5-8-17-12-13)14-6-9-18-15(2,3)10-14/h5,8,12,14H,4,6-7,9-11H2,1-3H3. The minimum Gasteiger partial charge on any atom is -0.472 e. The Bertz CT molecular complexity index is 345. The van der Waals surface area contributed by atoms with Crippen LogP contribution < -0.4 is 0 Å². The molecule has 0 aliphatic carbocycles. The van der Waals surface area contributed by atoms with Crippen molar-refractivity contribution in [3.63, 3.8) is 0 Å². The maximum absolute atomic E-state index is 5.81. The summed E-state index contributed by atoms with van der Waals surface area (Å²) in [6.45, 7) is 9.65. The van der Waals surface area contributed by atoms with Gasteiger partial charge < -0.3 is 9.15 Å². The van der Waals surface area contributed by atoms with Crippen LogP contribution in [0.4, 0.5) is 0 Å². The first-order valence-electron chi connectivity index (χ1n) is 7.00. The molecule has 3 heteroatoms. The normalized spacial score (nSPS) is 23.4. The Labute approximate surface area is 110 Å². The number of hydrogen-bond donors (Lipinski definition) is 0. The molecule has 2 heterocycles. The average Bonchev–Trinajstić information content (AvgIpc) is 2.80. The van der Waals surface area contributed by atoms with E-state index >= 15 is 0 Å². The van der Waals surface area contributed by atoms with Crippen molar-refractivity contribution in [2.75, 3.05) is 13.2 Å². The maximum Gasteiger partial charge on any atom is 0.0947 e. The fraction of sp³-hybridized carbons (Fsp3) is 0.733. The second-order valence-electron chi connectivity index (χ2n) is 5.86. The van der Waals surface area contributed by atoms with Gasteiger partial charge in [0.05, 0.1) is 18.1 Å². The number of hydrogen-bond acceptors (Lipinski definition) is 3. The van der Waals surface area contributed by atoms with Crippen LogP contribution in [0.1, 0.15) is 45.6 Å². The fourth-order valence-electron chi connectivity index (χ4n) is 2.81. The van der Waals surface area contributed by atoms with E-state index in [1.165, 1.54) is 12.0 Å².